The summed E-state index contributed by atoms with van der Waals surface area (Å²) in [7, 11) is 6.48. The van der Waals surface area contributed by atoms with Crippen molar-refractivity contribution in [3.8, 4) is 0 Å². The maximum Gasteiger partial charge on any atom is 0.0409 e. The molecule has 112 valence electrons. The zero-order chi connectivity index (χ0) is 14.5. The topological polar surface area (TPSA) is 18.5 Å². The van der Waals surface area contributed by atoms with E-state index in [0.29, 0.717) is 0 Å². The van der Waals surface area contributed by atoms with Gasteiger partial charge in [-0.15, -0.1) is 0 Å². The van der Waals surface area contributed by atoms with Crippen LogP contribution in [-0.2, 0) is 6.54 Å². The van der Waals surface area contributed by atoms with Crippen LogP contribution in [0, 0.1) is 6.92 Å². The van der Waals surface area contributed by atoms with Crippen molar-refractivity contribution < 1.29 is 0 Å². The van der Waals surface area contributed by atoms with Crippen molar-refractivity contribution in [2.24, 2.45) is 0 Å². The highest BCUT2D eigenvalue weighted by Gasteiger charge is 2.20. The van der Waals surface area contributed by atoms with Gasteiger partial charge in [-0.1, -0.05) is 17.7 Å². The average molecular weight is 275 g/mol. The molecule has 0 unspecified atom stereocenters. The molecule has 0 radical (unpaired) electrons. The van der Waals surface area contributed by atoms with Crippen LogP contribution in [0.1, 0.15) is 30.4 Å². The Balaban J connectivity index is 1.96. The quantitative estimate of drug-likeness (QED) is 0.787. The Hall–Kier alpha value is -1.06. The number of hydrogen-bond donors (Lipinski definition) is 1. The minimum absolute atomic E-state index is 0.766. The number of anilines is 1. The van der Waals surface area contributed by atoms with Crippen molar-refractivity contribution in [1.29, 1.82) is 0 Å². The van der Waals surface area contributed by atoms with Crippen molar-refractivity contribution in [3.05, 3.63) is 29.3 Å². The molecule has 1 aliphatic rings. The third-order valence-corrected chi connectivity index (χ3v) is 3.90. The molecular weight excluding hydrogens is 246 g/mol. The number of aryl methyl sites for hydroxylation is 1. The SMILES string of the molecule is Cc1ccc(N(C)CCCN(C)C)c(CNC2CC2)c1. The standard InChI is InChI=1S/C17H29N3/c1-14-6-9-17(20(4)11-5-10-19(2)3)15(12-14)13-18-16-7-8-16/h6,9,12,16,18H,5,7-8,10-11,13H2,1-4H3. The van der Waals surface area contributed by atoms with Crippen LogP contribution in [0.15, 0.2) is 18.2 Å². The first-order valence-electron chi connectivity index (χ1n) is 7.75. The summed E-state index contributed by atoms with van der Waals surface area (Å²) in [4.78, 5) is 4.64. The molecule has 1 fully saturated rings. The molecule has 0 bridgehead atoms. The van der Waals surface area contributed by atoms with Crippen LogP contribution in [0.5, 0.6) is 0 Å². The lowest BCUT2D eigenvalue weighted by Gasteiger charge is -2.24. The Labute approximate surface area is 124 Å². The van der Waals surface area contributed by atoms with Crippen LogP contribution in [-0.4, -0.2) is 45.2 Å². The lowest BCUT2D eigenvalue weighted by molar-refractivity contribution is 0.401. The first-order valence-corrected chi connectivity index (χ1v) is 7.75. The maximum atomic E-state index is 3.63. The van der Waals surface area contributed by atoms with Crippen molar-refractivity contribution in [2.75, 3.05) is 39.1 Å². The smallest absolute Gasteiger partial charge is 0.0409 e. The summed E-state index contributed by atoms with van der Waals surface area (Å²) in [6.07, 6.45) is 3.90. The highest BCUT2D eigenvalue weighted by atomic mass is 15.1. The fourth-order valence-electron chi connectivity index (χ4n) is 2.51. The Kier molecular flexibility index (Phi) is 5.44. The predicted octanol–water partition coefficient (Wildman–Crippen LogP) is 2.63. The minimum Gasteiger partial charge on any atom is -0.374 e. The second kappa shape index (κ2) is 7.09. The number of nitrogens with zero attached hydrogens (tertiary/aromatic N) is 2. The zero-order valence-corrected chi connectivity index (χ0v) is 13.4. The molecule has 1 aromatic carbocycles. The molecule has 0 amide bonds. The molecule has 3 heteroatoms. The van der Waals surface area contributed by atoms with Crippen LogP contribution < -0.4 is 10.2 Å². The molecule has 0 aliphatic heterocycles. The van der Waals surface area contributed by atoms with E-state index in [4.69, 9.17) is 0 Å². The Morgan fingerprint density at radius 1 is 1.15 bits per heavy atom. The van der Waals surface area contributed by atoms with E-state index in [-0.39, 0.29) is 0 Å². The van der Waals surface area contributed by atoms with Gasteiger partial charge in [0.25, 0.3) is 0 Å². The summed E-state index contributed by atoms with van der Waals surface area (Å²) in [5.41, 5.74) is 4.16. The second-order valence-corrected chi connectivity index (χ2v) is 6.37. The van der Waals surface area contributed by atoms with E-state index in [1.165, 1.54) is 36.1 Å². The van der Waals surface area contributed by atoms with Gasteiger partial charge >= 0.3 is 0 Å². The van der Waals surface area contributed by atoms with Crippen LogP contribution in [0.4, 0.5) is 5.69 Å². The summed E-state index contributed by atoms with van der Waals surface area (Å²) in [5, 5.41) is 3.63. The van der Waals surface area contributed by atoms with E-state index in [9.17, 15) is 0 Å². The average Bonchev–Trinajstić information content (AvgIpc) is 3.19. The molecule has 1 saturated carbocycles. The van der Waals surface area contributed by atoms with E-state index in [0.717, 1.165) is 25.7 Å². The van der Waals surface area contributed by atoms with Gasteiger partial charge in [-0.25, -0.2) is 0 Å². The van der Waals surface area contributed by atoms with Crippen molar-refractivity contribution >= 4 is 5.69 Å². The summed E-state index contributed by atoms with van der Waals surface area (Å²) >= 11 is 0. The summed E-state index contributed by atoms with van der Waals surface area (Å²) in [6.45, 7) is 5.43. The minimum atomic E-state index is 0.766. The molecule has 0 saturated heterocycles. The molecule has 0 aromatic heterocycles. The zero-order valence-electron chi connectivity index (χ0n) is 13.4. The molecule has 0 heterocycles. The van der Waals surface area contributed by atoms with Crippen molar-refractivity contribution in [3.63, 3.8) is 0 Å². The molecule has 0 atom stereocenters. The van der Waals surface area contributed by atoms with Crippen LogP contribution in [0.2, 0.25) is 0 Å². The van der Waals surface area contributed by atoms with Gasteiger partial charge in [0.15, 0.2) is 0 Å². The van der Waals surface area contributed by atoms with Gasteiger partial charge < -0.3 is 15.1 Å². The summed E-state index contributed by atoms with van der Waals surface area (Å²) in [5.74, 6) is 0. The number of rotatable bonds is 8. The first kappa shape index (κ1) is 15.3. The molecular formula is C17H29N3. The number of hydrogen-bond acceptors (Lipinski definition) is 3. The van der Waals surface area contributed by atoms with Gasteiger partial charge in [0.2, 0.25) is 0 Å². The highest BCUT2D eigenvalue weighted by molar-refractivity contribution is 5.54. The Morgan fingerprint density at radius 3 is 2.55 bits per heavy atom. The fourth-order valence-corrected chi connectivity index (χ4v) is 2.51. The molecule has 1 aliphatic carbocycles. The Bertz CT molecular complexity index is 424. The first-order chi connectivity index (χ1) is 9.56. The molecule has 1 N–H and O–H groups in total. The monoisotopic (exact) mass is 275 g/mol. The third kappa shape index (κ3) is 4.80. The van der Waals surface area contributed by atoms with Gasteiger partial charge in [0, 0.05) is 31.9 Å². The van der Waals surface area contributed by atoms with Crippen LogP contribution >= 0.6 is 0 Å². The molecule has 20 heavy (non-hydrogen) atoms. The second-order valence-electron chi connectivity index (χ2n) is 6.37. The summed E-state index contributed by atoms with van der Waals surface area (Å²) in [6, 6.07) is 7.59. The van der Waals surface area contributed by atoms with E-state index >= 15 is 0 Å². The maximum absolute atomic E-state index is 3.63. The number of benzene rings is 1. The fraction of sp³-hybridized carbons (Fsp3) is 0.647. The normalized spacial score (nSPS) is 14.8. The lowest BCUT2D eigenvalue weighted by atomic mass is 10.1. The van der Waals surface area contributed by atoms with E-state index in [2.05, 4.69) is 61.4 Å². The molecule has 3 nitrogen and oxygen atoms in total. The molecule has 0 spiro atoms. The summed E-state index contributed by atoms with van der Waals surface area (Å²) < 4.78 is 0. The van der Waals surface area contributed by atoms with Crippen molar-refractivity contribution in [2.45, 2.75) is 38.8 Å². The van der Waals surface area contributed by atoms with Gasteiger partial charge in [0.1, 0.15) is 0 Å². The van der Waals surface area contributed by atoms with Gasteiger partial charge in [0.05, 0.1) is 0 Å². The molecule has 2 rings (SSSR count). The molecule has 1 aromatic rings. The van der Waals surface area contributed by atoms with E-state index < -0.39 is 0 Å². The lowest BCUT2D eigenvalue weighted by Crippen LogP contribution is -2.25. The van der Waals surface area contributed by atoms with Crippen LogP contribution in [0.25, 0.3) is 0 Å². The predicted molar refractivity (Wildman–Crippen MR) is 87.5 cm³/mol. The highest BCUT2D eigenvalue weighted by Crippen LogP contribution is 2.24. The van der Waals surface area contributed by atoms with Gasteiger partial charge in [-0.2, -0.15) is 0 Å². The van der Waals surface area contributed by atoms with E-state index in [1.54, 1.807) is 0 Å². The van der Waals surface area contributed by atoms with E-state index in [1.807, 2.05) is 0 Å². The number of nitrogens with one attached hydrogen (secondary N) is 1. The van der Waals surface area contributed by atoms with Gasteiger partial charge in [-0.3, -0.25) is 0 Å². The van der Waals surface area contributed by atoms with Crippen LogP contribution in [0.3, 0.4) is 0 Å². The van der Waals surface area contributed by atoms with Crippen molar-refractivity contribution in [1.82, 2.24) is 10.2 Å². The van der Waals surface area contributed by atoms with Gasteiger partial charge in [-0.05, 0) is 58.5 Å². The third-order valence-electron chi connectivity index (χ3n) is 3.90. The largest absolute Gasteiger partial charge is 0.374 e. The Morgan fingerprint density at radius 2 is 1.90 bits per heavy atom.